The van der Waals surface area contributed by atoms with E-state index in [0.717, 1.165) is 58.1 Å². The molecule has 1 spiro atoms. The molecule has 3 rings (SSSR count). The van der Waals surface area contributed by atoms with Gasteiger partial charge in [-0.3, -0.25) is 4.99 Å². The molecule has 23 heavy (non-hydrogen) atoms. The Hall–Kier alpha value is -0.810. The third-order valence-electron chi connectivity index (χ3n) is 5.74. The number of aliphatic imine (C=N–C) groups is 1. The molecule has 0 aromatic carbocycles. The van der Waals surface area contributed by atoms with E-state index in [0.29, 0.717) is 11.5 Å². The van der Waals surface area contributed by atoms with Gasteiger partial charge in [0.05, 0.1) is 6.10 Å². The normalized spacial score (nSPS) is 25.4. The van der Waals surface area contributed by atoms with Crippen molar-refractivity contribution in [1.29, 1.82) is 0 Å². The first-order chi connectivity index (χ1) is 11.3. The molecule has 0 aromatic rings. The van der Waals surface area contributed by atoms with E-state index in [4.69, 9.17) is 9.47 Å². The molecule has 5 heteroatoms. The average molecular weight is 323 g/mol. The number of ether oxygens (including phenoxy) is 2. The van der Waals surface area contributed by atoms with Gasteiger partial charge in [-0.1, -0.05) is 12.8 Å². The van der Waals surface area contributed by atoms with Crippen LogP contribution in [-0.4, -0.2) is 63.5 Å². The van der Waals surface area contributed by atoms with E-state index in [2.05, 4.69) is 15.2 Å². The van der Waals surface area contributed by atoms with Crippen LogP contribution in [0.5, 0.6) is 0 Å². The number of rotatable bonds is 5. The molecule has 0 radical (unpaired) electrons. The van der Waals surface area contributed by atoms with Gasteiger partial charge >= 0.3 is 0 Å². The molecule has 0 aromatic heterocycles. The second kappa shape index (κ2) is 8.34. The molecule has 1 N–H and O–H groups in total. The van der Waals surface area contributed by atoms with E-state index in [1.807, 2.05) is 7.05 Å². The Morgan fingerprint density at radius 3 is 2.78 bits per heavy atom. The number of guanidine groups is 1. The Morgan fingerprint density at radius 1 is 1.26 bits per heavy atom. The molecule has 0 atom stereocenters. The Kier molecular flexibility index (Phi) is 6.17. The minimum absolute atomic E-state index is 0.406. The van der Waals surface area contributed by atoms with Gasteiger partial charge < -0.3 is 19.7 Å². The van der Waals surface area contributed by atoms with E-state index in [-0.39, 0.29) is 0 Å². The van der Waals surface area contributed by atoms with Crippen LogP contribution in [0.25, 0.3) is 0 Å². The van der Waals surface area contributed by atoms with E-state index in [9.17, 15) is 0 Å². The van der Waals surface area contributed by atoms with Gasteiger partial charge in [0.15, 0.2) is 5.96 Å². The highest BCUT2D eigenvalue weighted by molar-refractivity contribution is 5.80. The molecule has 1 aliphatic carbocycles. The van der Waals surface area contributed by atoms with Crippen molar-refractivity contribution in [2.45, 2.75) is 57.5 Å². The quantitative estimate of drug-likeness (QED) is 0.479. The minimum atomic E-state index is 0.406. The summed E-state index contributed by atoms with van der Waals surface area (Å²) in [6.45, 7) is 5.85. The van der Waals surface area contributed by atoms with Crippen molar-refractivity contribution in [2.75, 3.05) is 46.5 Å². The molecule has 5 nitrogen and oxygen atoms in total. The van der Waals surface area contributed by atoms with Gasteiger partial charge in [0.25, 0.3) is 0 Å². The highest BCUT2D eigenvalue weighted by atomic mass is 16.5. The van der Waals surface area contributed by atoms with Crippen molar-refractivity contribution in [2.24, 2.45) is 10.4 Å². The fraction of sp³-hybridized carbons (Fsp3) is 0.944. The van der Waals surface area contributed by atoms with Crippen molar-refractivity contribution in [1.82, 2.24) is 10.2 Å². The first kappa shape index (κ1) is 17.0. The molecule has 132 valence electrons. The fourth-order valence-corrected chi connectivity index (χ4v) is 4.35. The van der Waals surface area contributed by atoms with E-state index >= 15 is 0 Å². The summed E-state index contributed by atoms with van der Waals surface area (Å²) in [7, 11) is 1.90. The van der Waals surface area contributed by atoms with Crippen LogP contribution < -0.4 is 5.32 Å². The molecular formula is C18H33N3O2. The lowest BCUT2D eigenvalue weighted by atomic mass is 9.86. The zero-order chi connectivity index (χ0) is 16.0. The van der Waals surface area contributed by atoms with Crippen LogP contribution in [0.1, 0.15) is 51.4 Å². The predicted molar refractivity (Wildman–Crippen MR) is 92.9 cm³/mol. The van der Waals surface area contributed by atoms with E-state index < -0.39 is 0 Å². The Bertz CT molecular complexity index is 388. The predicted octanol–water partition coefficient (Wildman–Crippen LogP) is 2.41. The van der Waals surface area contributed by atoms with Crippen LogP contribution in [0.3, 0.4) is 0 Å². The van der Waals surface area contributed by atoms with Crippen molar-refractivity contribution >= 4 is 5.96 Å². The van der Waals surface area contributed by atoms with Crippen LogP contribution in [0.15, 0.2) is 4.99 Å². The SMILES string of the molecule is CN=C(NCCCOC1CCOCC1)N1CCC2(CCCC2)C1. The smallest absolute Gasteiger partial charge is 0.193 e. The third kappa shape index (κ3) is 4.60. The van der Waals surface area contributed by atoms with Crippen molar-refractivity contribution in [3.8, 4) is 0 Å². The fourth-order valence-electron chi connectivity index (χ4n) is 4.35. The summed E-state index contributed by atoms with van der Waals surface area (Å²) in [4.78, 5) is 6.95. The number of nitrogens with zero attached hydrogens (tertiary/aromatic N) is 2. The monoisotopic (exact) mass is 323 g/mol. The topological polar surface area (TPSA) is 46.1 Å². The number of hydrogen-bond acceptors (Lipinski definition) is 3. The lowest BCUT2D eigenvalue weighted by Crippen LogP contribution is -2.41. The zero-order valence-corrected chi connectivity index (χ0v) is 14.7. The van der Waals surface area contributed by atoms with E-state index in [1.165, 1.54) is 38.6 Å². The molecule has 1 saturated carbocycles. The maximum Gasteiger partial charge on any atom is 0.193 e. The molecule has 0 amide bonds. The number of nitrogens with one attached hydrogen (secondary N) is 1. The standard InChI is InChI=1S/C18H33N3O2/c1-19-17(21-11-9-18(15-21)7-2-3-8-18)20-10-4-12-23-16-5-13-22-14-6-16/h16H,2-15H2,1H3,(H,19,20). The average Bonchev–Trinajstić information content (AvgIpc) is 3.22. The van der Waals surface area contributed by atoms with Gasteiger partial charge in [0.1, 0.15) is 0 Å². The zero-order valence-electron chi connectivity index (χ0n) is 14.7. The molecular weight excluding hydrogens is 290 g/mol. The lowest BCUT2D eigenvalue weighted by molar-refractivity contribution is -0.0320. The number of likely N-dealkylation sites (tertiary alicyclic amines) is 1. The molecule has 0 bridgehead atoms. The summed E-state index contributed by atoms with van der Waals surface area (Å²) < 4.78 is 11.3. The number of hydrogen-bond donors (Lipinski definition) is 1. The van der Waals surface area contributed by atoms with Crippen LogP contribution in [0.4, 0.5) is 0 Å². The summed E-state index contributed by atoms with van der Waals surface area (Å²) in [5.41, 5.74) is 0.601. The van der Waals surface area contributed by atoms with Crippen LogP contribution in [0.2, 0.25) is 0 Å². The highest BCUT2D eigenvalue weighted by Gasteiger charge is 2.40. The minimum Gasteiger partial charge on any atom is -0.381 e. The van der Waals surface area contributed by atoms with Crippen LogP contribution in [0, 0.1) is 5.41 Å². The molecule has 2 heterocycles. The summed E-state index contributed by atoms with van der Waals surface area (Å²) in [6, 6.07) is 0. The summed E-state index contributed by atoms with van der Waals surface area (Å²) in [5, 5.41) is 3.53. The summed E-state index contributed by atoms with van der Waals surface area (Å²) in [5.74, 6) is 1.08. The maximum atomic E-state index is 5.93. The van der Waals surface area contributed by atoms with Gasteiger partial charge in [0.2, 0.25) is 0 Å². The second-order valence-electron chi connectivity index (χ2n) is 7.39. The van der Waals surface area contributed by atoms with Crippen molar-refractivity contribution in [3.05, 3.63) is 0 Å². The van der Waals surface area contributed by atoms with Crippen LogP contribution in [-0.2, 0) is 9.47 Å². The molecule has 2 saturated heterocycles. The summed E-state index contributed by atoms with van der Waals surface area (Å²) >= 11 is 0. The van der Waals surface area contributed by atoms with Gasteiger partial charge in [-0.25, -0.2) is 0 Å². The first-order valence-corrected chi connectivity index (χ1v) is 9.46. The lowest BCUT2D eigenvalue weighted by Gasteiger charge is -2.26. The molecule has 0 unspecified atom stereocenters. The summed E-state index contributed by atoms with van der Waals surface area (Å²) in [6.07, 6.45) is 10.6. The van der Waals surface area contributed by atoms with Gasteiger partial charge in [-0.05, 0) is 43.9 Å². The molecule has 3 aliphatic rings. The third-order valence-corrected chi connectivity index (χ3v) is 5.74. The highest BCUT2D eigenvalue weighted by Crippen LogP contribution is 2.45. The molecule has 2 aliphatic heterocycles. The Labute approximate surface area is 140 Å². The Morgan fingerprint density at radius 2 is 2.04 bits per heavy atom. The van der Waals surface area contributed by atoms with Gasteiger partial charge in [0, 0.05) is 46.5 Å². The van der Waals surface area contributed by atoms with Gasteiger partial charge in [-0.2, -0.15) is 0 Å². The van der Waals surface area contributed by atoms with Crippen molar-refractivity contribution in [3.63, 3.8) is 0 Å². The van der Waals surface area contributed by atoms with Crippen LogP contribution >= 0.6 is 0 Å². The largest absolute Gasteiger partial charge is 0.381 e. The van der Waals surface area contributed by atoms with E-state index in [1.54, 1.807) is 0 Å². The van der Waals surface area contributed by atoms with Crippen molar-refractivity contribution < 1.29 is 9.47 Å². The van der Waals surface area contributed by atoms with Gasteiger partial charge in [-0.15, -0.1) is 0 Å². The molecule has 3 fully saturated rings. The Balaban J connectivity index is 1.32. The maximum absolute atomic E-state index is 5.93. The second-order valence-corrected chi connectivity index (χ2v) is 7.39. The first-order valence-electron chi connectivity index (χ1n) is 9.46.